The van der Waals surface area contributed by atoms with E-state index in [1.54, 1.807) is 12.1 Å². The third-order valence-electron chi connectivity index (χ3n) is 2.27. The maximum Gasteiger partial charge on any atom is 0.260 e. The largest absolute Gasteiger partial charge is 0.383 e. The normalized spacial score (nSPS) is 13.2. The first kappa shape index (κ1) is 16.1. The van der Waals surface area contributed by atoms with Gasteiger partial charge < -0.3 is 5.32 Å². The predicted molar refractivity (Wildman–Crippen MR) is 77.1 cm³/mol. The van der Waals surface area contributed by atoms with Gasteiger partial charge in [-0.15, -0.1) is 0 Å². The molecule has 0 aliphatic carbocycles. The fourth-order valence-corrected chi connectivity index (χ4v) is 3.04. The van der Waals surface area contributed by atoms with Crippen molar-refractivity contribution < 1.29 is 12.6 Å². The topological polar surface area (TPSA) is 88.2 Å². The monoisotopic (exact) mass is 305 g/mol. The van der Waals surface area contributed by atoms with Crippen LogP contribution in [0.4, 0.5) is 5.69 Å². The molecule has 1 aromatic heterocycles. The lowest BCUT2D eigenvalue weighted by molar-refractivity contribution is 0.580. The minimum atomic E-state index is -3.68. The maximum absolute atomic E-state index is 12.1. The van der Waals surface area contributed by atoms with Crippen LogP contribution in [0.5, 0.6) is 0 Å². The van der Waals surface area contributed by atoms with E-state index in [9.17, 15) is 12.6 Å². The molecule has 19 heavy (non-hydrogen) atoms. The van der Waals surface area contributed by atoms with Crippen molar-refractivity contribution >= 4 is 26.5 Å². The quantitative estimate of drug-likeness (QED) is 0.733. The minimum Gasteiger partial charge on any atom is -0.383 e. The van der Waals surface area contributed by atoms with E-state index in [-0.39, 0.29) is 17.3 Å². The zero-order chi connectivity index (χ0) is 14.3. The number of nitrogens with zero attached hydrogens (tertiary/aromatic N) is 1. The lowest BCUT2D eigenvalue weighted by Gasteiger charge is -2.11. The molecule has 0 aliphatic heterocycles. The number of rotatable bonds is 8. The molecule has 2 N–H and O–H groups in total. The number of nitrogens with one attached hydrogen (secondary N) is 2. The smallest absolute Gasteiger partial charge is 0.260 e. The van der Waals surface area contributed by atoms with Crippen LogP contribution in [-0.2, 0) is 20.8 Å². The minimum absolute atomic E-state index is 0.0228. The lowest BCUT2D eigenvalue weighted by atomic mass is 10.4. The van der Waals surface area contributed by atoms with Crippen LogP contribution in [0, 0.1) is 0 Å². The highest BCUT2D eigenvalue weighted by atomic mass is 32.2. The molecule has 0 saturated carbocycles. The van der Waals surface area contributed by atoms with Gasteiger partial charge in [0.25, 0.3) is 10.0 Å². The van der Waals surface area contributed by atoms with Crippen LogP contribution in [-0.4, -0.2) is 42.7 Å². The van der Waals surface area contributed by atoms with Gasteiger partial charge in [0.15, 0.2) is 5.03 Å². The van der Waals surface area contributed by atoms with Crippen LogP contribution < -0.4 is 10.0 Å². The zero-order valence-corrected chi connectivity index (χ0v) is 12.7. The van der Waals surface area contributed by atoms with E-state index in [4.69, 9.17) is 0 Å². The Morgan fingerprint density at radius 2 is 2.11 bits per heavy atom. The third-order valence-corrected chi connectivity index (χ3v) is 4.47. The fourth-order valence-electron chi connectivity index (χ4n) is 1.39. The Balaban J connectivity index is 2.84. The second kappa shape index (κ2) is 7.56. The van der Waals surface area contributed by atoms with Crippen molar-refractivity contribution in [1.29, 1.82) is 0 Å². The van der Waals surface area contributed by atoms with Gasteiger partial charge in [0.2, 0.25) is 0 Å². The van der Waals surface area contributed by atoms with E-state index in [0.717, 1.165) is 6.42 Å². The van der Waals surface area contributed by atoms with Gasteiger partial charge in [-0.3, -0.25) is 4.21 Å². The predicted octanol–water partition coefficient (Wildman–Crippen LogP) is 0.560. The number of anilines is 1. The van der Waals surface area contributed by atoms with Gasteiger partial charge in [0, 0.05) is 42.1 Å². The lowest BCUT2D eigenvalue weighted by Crippen LogP contribution is -2.29. The molecule has 1 aromatic rings. The molecule has 0 amide bonds. The number of sulfonamides is 1. The summed E-state index contributed by atoms with van der Waals surface area (Å²) < 4.78 is 37.5. The summed E-state index contributed by atoms with van der Waals surface area (Å²) in [5, 5.41) is 3.00. The standard InChI is InChI=1S/C11H19N3O3S2/c1-3-6-12-10-5-4-7-13-11(10)19(16,17)14-8-9-18(2)15/h4-5,7,12,14H,3,6,8-9H2,1-2H3. The van der Waals surface area contributed by atoms with Gasteiger partial charge in [-0.2, -0.15) is 0 Å². The highest BCUT2D eigenvalue weighted by molar-refractivity contribution is 7.89. The van der Waals surface area contributed by atoms with Crippen molar-refractivity contribution in [2.45, 2.75) is 18.4 Å². The summed E-state index contributed by atoms with van der Waals surface area (Å²) in [4.78, 5) is 3.91. The van der Waals surface area contributed by atoms with Crippen molar-refractivity contribution in [3.63, 3.8) is 0 Å². The van der Waals surface area contributed by atoms with Gasteiger partial charge >= 0.3 is 0 Å². The molecular formula is C11H19N3O3S2. The molecule has 8 heteroatoms. The van der Waals surface area contributed by atoms with Crippen molar-refractivity contribution in [2.24, 2.45) is 0 Å². The van der Waals surface area contributed by atoms with Crippen LogP contribution in [0.25, 0.3) is 0 Å². The molecule has 1 unspecified atom stereocenters. The van der Waals surface area contributed by atoms with E-state index in [2.05, 4.69) is 15.0 Å². The molecule has 0 fully saturated rings. The van der Waals surface area contributed by atoms with Gasteiger partial charge in [-0.25, -0.2) is 18.1 Å². The van der Waals surface area contributed by atoms with Crippen LogP contribution in [0.2, 0.25) is 0 Å². The fraction of sp³-hybridized carbons (Fsp3) is 0.545. The van der Waals surface area contributed by atoms with Gasteiger partial charge in [-0.1, -0.05) is 6.92 Å². The Morgan fingerprint density at radius 1 is 1.37 bits per heavy atom. The van der Waals surface area contributed by atoms with Crippen molar-refractivity contribution in [1.82, 2.24) is 9.71 Å². The number of hydrogen-bond donors (Lipinski definition) is 2. The summed E-state index contributed by atoms with van der Waals surface area (Å²) in [6.45, 7) is 2.80. The molecule has 0 saturated heterocycles. The summed E-state index contributed by atoms with van der Waals surface area (Å²) in [6.07, 6.45) is 3.85. The summed E-state index contributed by atoms with van der Waals surface area (Å²) in [7, 11) is -4.70. The summed E-state index contributed by atoms with van der Waals surface area (Å²) in [6, 6.07) is 3.35. The number of hydrogen-bond acceptors (Lipinski definition) is 5. The highest BCUT2D eigenvalue weighted by Crippen LogP contribution is 2.17. The van der Waals surface area contributed by atoms with Crippen LogP contribution >= 0.6 is 0 Å². The van der Waals surface area contributed by atoms with E-state index >= 15 is 0 Å². The molecule has 0 aliphatic rings. The van der Waals surface area contributed by atoms with Gasteiger partial charge in [0.1, 0.15) is 0 Å². The van der Waals surface area contributed by atoms with E-state index in [0.29, 0.717) is 12.2 Å². The maximum atomic E-state index is 12.1. The Bertz CT molecular complexity index is 532. The summed E-state index contributed by atoms with van der Waals surface area (Å²) in [5.74, 6) is 0.282. The summed E-state index contributed by atoms with van der Waals surface area (Å²) in [5.41, 5.74) is 0.481. The first-order valence-corrected chi connectivity index (χ1v) is 9.17. The Kier molecular flexibility index (Phi) is 6.40. The first-order valence-electron chi connectivity index (χ1n) is 5.96. The van der Waals surface area contributed by atoms with Gasteiger partial charge in [-0.05, 0) is 18.6 Å². The molecule has 1 rings (SSSR count). The van der Waals surface area contributed by atoms with Crippen molar-refractivity contribution in [3.8, 4) is 0 Å². The molecule has 0 aromatic carbocycles. The van der Waals surface area contributed by atoms with Crippen LogP contribution in [0.3, 0.4) is 0 Å². The molecule has 1 atom stereocenters. The average molecular weight is 305 g/mol. The molecule has 108 valence electrons. The molecule has 0 spiro atoms. The molecule has 0 bridgehead atoms. The second-order valence-corrected chi connectivity index (χ2v) is 7.19. The number of pyridine rings is 1. The third kappa shape index (κ3) is 5.25. The molecule has 0 radical (unpaired) electrons. The average Bonchev–Trinajstić information content (AvgIpc) is 2.36. The van der Waals surface area contributed by atoms with E-state index in [1.807, 2.05) is 6.92 Å². The first-order chi connectivity index (χ1) is 8.97. The van der Waals surface area contributed by atoms with Crippen LogP contribution in [0.15, 0.2) is 23.4 Å². The van der Waals surface area contributed by atoms with Crippen molar-refractivity contribution in [3.05, 3.63) is 18.3 Å². The molecular weight excluding hydrogens is 286 g/mol. The molecule has 1 heterocycles. The second-order valence-electron chi connectivity index (χ2n) is 3.96. The Hall–Kier alpha value is -0.990. The van der Waals surface area contributed by atoms with Crippen molar-refractivity contribution in [2.75, 3.05) is 30.4 Å². The SMILES string of the molecule is CCCNc1cccnc1S(=O)(=O)NCCS(C)=O. The highest BCUT2D eigenvalue weighted by Gasteiger charge is 2.19. The van der Waals surface area contributed by atoms with E-state index < -0.39 is 20.8 Å². The zero-order valence-electron chi connectivity index (χ0n) is 11.0. The Labute approximate surface area is 116 Å². The molecule has 6 nitrogen and oxygen atoms in total. The van der Waals surface area contributed by atoms with E-state index in [1.165, 1.54) is 12.5 Å². The Morgan fingerprint density at radius 3 is 2.74 bits per heavy atom. The van der Waals surface area contributed by atoms with Crippen LogP contribution in [0.1, 0.15) is 13.3 Å². The summed E-state index contributed by atoms with van der Waals surface area (Å²) >= 11 is 0. The number of aromatic nitrogens is 1. The van der Waals surface area contributed by atoms with Gasteiger partial charge in [0.05, 0.1) is 5.69 Å².